The zero-order valence-electron chi connectivity index (χ0n) is 15.7. The molecule has 146 valence electrons. The van der Waals surface area contributed by atoms with E-state index in [0.717, 1.165) is 25.9 Å². The fraction of sp³-hybridized carbons (Fsp3) is 0.273. The second kappa shape index (κ2) is 9.17. The van der Waals surface area contributed by atoms with Crippen LogP contribution in [0, 0.1) is 5.82 Å². The Morgan fingerprint density at radius 3 is 2.50 bits per heavy atom. The summed E-state index contributed by atoms with van der Waals surface area (Å²) in [7, 11) is 0. The Hall–Kier alpha value is -3.15. The molecule has 0 radical (unpaired) electrons. The monoisotopic (exact) mass is 381 g/mol. The van der Waals surface area contributed by atoms with Gasteiger partial charge in [0.25, 0.3) is 0 Å². The molecule has 0 saturated carbocycles. The molecule has 3 rings (SSSR count). The number of carbonyl (C=O) groups excluding carboxylic acids is 2. The maximum atomic E-state index is 13.2. The van der Waals surface area contributed by atoms with Crippen LogP contribution in [0.3, 0.4) is 0 Å². The van der Waals surface area contributed by atoms with Crippen LogP contribution in [0.2, 0.25) is 0 Å². The Labute approximate surface area is 164 Å². The highest BCUT2D eigenvalue weighted by atomic mass is 19.1. The van der Waals surface area contributed by atoms with E-state index >= 15 is 0 Å². The summed E-state index contributed by atoms with van der Waals surface area (Å²) >= 11 is 0. The molecule has 1 heterocycles. The first-order valence-corrected chi connectivity index (χ1v) is 9.36. The third-order valence-corrected chi connectivity index (χ3v) is 4.96. The molecule has 1 aliphatic heterocycles. The summed E-state index contributed by atoms with van der Waals surface area (Å²) in [5.41, 5.74) is 2.60. The lowest BCUT2D eigenvalue weighted by Crippen LogP contribution is -2.36. The number of halogens is 1. The Bertz CT molecular complexity index is 843. The molecule has 0 aliphatic carbocycles. The van der Waals surface area contributed by atoms with Crippen molar-refractivity contribution in [2.24, 2.45) is 0 Å². The van der Waals surface area contributed by atoms with Gasteiger partial charge in [-0.3, -0.25) is 4.79 Å². The fourth-order valence-electron chi connectivity index (χ4n) is 3.41. The minimum atomic E-state index is -0.340. The van der Waals surface area contributed by atoms with Gasteiger partial charge in [0, 0.05) is 25.3 Å². The Kier molecular flexibility index (Phi) is 6.42. The number of nitrogens with one attached hydrogen (secondary N) is 2. The van der Waals surface area contributed by atoms with Gasteiger partial charge in [0.15, 0.2) is 0 Å². The predicted molar refractivity (Wildman–Crippen MR) is 107 cm³/mol. The van der Waals surface area contributed by atoms with Crippen molar-refractivity contribution < 1.29 is 14.0 Å². The third kappa shape index (κ3) is 5.19. The van der Waals surface area contributed by atoms with Crippen molar-refractivity contribution in [3.8, 4) is 0 Å². The molecular formula is C22H24FN3O2. The van der Waals surface area contributed by atoms with E-state index in [-0.39, 0.29) is 24.3 Å². The molecule has 28 heavy (non-hydrogen) atoms. The van der Waals surface area contributed by atoms with Crippen molar-refractivity contribution in [2.45, 2.75) is 25.3 Å². The van der Waals surface area contributed by atoms with Crippen LogP contribution in [0.15, 0.2) is 61.2 Å². The minimum Gasteiger partial charge on any atom is -0.339 e. The number of nitrogens with zero attached hydrogens (tertiary/aromatic N) is 1. The highest BCUT2D eigenvalue weighted by Gasteiger charge is 2.22. The maximum absolute atomic E-state index is 13.2. The molecule has 1 saturated heterocycles. The molecule has 6 heteroatoms. The van der Waals surface area contributed by atoms with Crippen LogP contribution in [-0.4, -0.2) is 29.9 Å². The summed E-state index contributed by atoms with van der Waals surface area (Å²) in [6.45, 7) is 5.25. The van der Waals surface area contributed by atoms with E-state index in [2.05, 4.69) is 17.2 Å². The quantitative estimate of drug-likeness (QED) is 0.768. The van der Waals surface area contributed by atoms with Crippen molar-refractivity contribution in [1.29, 1.82) is 0 Å². The molecule has 1 aliphatic rings. The number of carbonyl (C=O) groups is 2. The summed E-state index contributed by atoms with van der Waals surface area (Å²) < 4.78 is 13.2. The van der Waals surface area contributed by atoms with Gasteiger partial charge >= 0.3 is 6.03 Å². The molecule has 0 spiro atoms. The first-order valence-electron chi connectivity index (χ1n) is 9.36. The van der Waals surface area contributed by atoms with Crippen LogP contribution in [0.5, 0.6) is 0 Å². The lowest BCUT2D eigenvalue weighted by atomic mass is 9.89. The van der Waals surface area contributed by atoms with Crippen LogP contribution in [0.1, 0.15) is 29.9 Å². The Balaban J connectivity index is 1.48. The molecule has 2 aromatic carbocycles. The highest BCUT2D eigenvalue weighted by molar-refractivity contribution is 5.89. The number of likely N-dealkylation sites (tertiary alicyclic amines) is 1. The largest absolute Gasteiger partial charge is 0.339 e. The van der Waals surface area contributed by atoms with Crippen LogP contribution in [0.4, 0.5) is 14.9 Å². The van der Waals surface area contributed by atoms with Gasteiger partial charge in [0.05, 0.1) is 0 Å². The topological polar surface area (TPSA) is 61.4 Å². The van der Waals surface area contributed by atoms with Gasteiger partial charge in [-0.05, 0) is 60.2 Å². The first-order chi connectivity index (χ1) is 13.5. The second-order valence-electron chi connectivity index (χ2n) is 6.86. The number of hydrogen-bond donors (Lipinski definition) is 2. The normalized spacial score (nSPS) is 14.4. The van der Waals surface area contributed by atoms with Gasteiger partial charge < -0.3 is 15.5 Å². The zero-order valence-corrected chi connectivity index (χ0v) is 15.7. The van der Waals surface area contributed by atoms with Crippen molar-refractivity contribution >= 4 is 17.6 Å². The molecule has 1 fully saturated rings. The molecule has 0 aromatic heterocycles. The molecular weight excluding hydrogens is 357 g/mol. The average molecular weight is 381 g/mol. The standard InChI is InChI=1S/C22H24FN3O2/c1-2-21(27)26-12-10-18(11-13-26)17-6-8-20(9-7-17)25-22(28)24-15-16-4-3-5-19(23)14-16/h2-9,14,18H,1,10-13,15H2,(H2,24,25,28). The van der Waals surface area contributed by atoms with E-state index in [1.165, 1.54) is 23.8 Å². The lowest BCUT2D eigenvalue weighted by Gasteiger charge is -2.31. The summed E-state index contributed by atoms with van der Waals surface area (Å²) in [5.74, 6) is 0.0713. The van der Waals surface area contributed by atoms with Gasteiger partial charge in [-0.25, -0.2) is 9.18 Å². The smallest absolute Gasteiger partial charge is 0.319 e. The Morgan fingerprint density at radius 2 is 1.86 bits per heavy atom. The number of piperidine rings is 1. The van der Waals surface area contributed by atoms with Crippen molar-refractivity contribution in [2.75, 3.05) is 18.4 Å². The molecule has 3 amide bonds. The fourth-order valence-corrected chi connectivity index (χ4v) is 3.41. The second-order valence-corrected chi connectivity index (χ2v) is 6.86. The van der Waals surface area contributed by atoms with E-state index < -0.39 is 0 Å². The van der Waals surface area contributed by atoms with Gasteiger partial charge in [0.1, 0.15) is 5.82 Å². The van der Waals surface area contributed by atoms with Gasteiger partial charge in [-0.2, -0.15) is 0 Å². The van der Waals surface area contributed by atoms with Crippen molar-refractivity contribution in [3.63, 3.8) is 0 Å². The SMILES string of the molecule is C=CC(=O)N1CCC(c2ccc(NC(=O)NCc3cccc(F)c3)cc2)CC1. The average Bonchev–Trinajstić information content (AvgIpc) is 2.72. The number of anilines is 1. The third-order valence-electron chi connectivity index (χ3n) is 4.96. The summed E-state index contributed by atoms with van der Waals surface area (Å²) in [6.07, 6.45) is 3.20. The number of amides is 3. The van der Waals surface area contributed by atoms with E-state index in [0.29, 0.717) is 17.2 Å². The van der Waals surface area contributed by atoms with Crippen LogP contribution in [0.25, 0.3) is 0 Å². The predicted octanol–water partition coefficient (Wildman–Crippen LogP) is 4.04. The van der Waals surface area contributed by atoms with Gasteiger partial charge in [-0.1, -0.05) is 30.8 Å². The van der Waals surface area contributed by atoms with E-state index in [1.807, 2.05) is 29.2 Å². The van der Waals surface area contributed by atoms with Crippen LogP contribution < -0.4 is 10.6 Å². The van der Waals surface area contributed by atoms with E-state index in [1.54, 1.807) is 12.1 Å². The summed E-state index contributed by atoms with van der Waals surface area (Å²) in [5, 5.41) is 5.49. The Morgan fingerprint density at radius 1 is 1.14 bits per heavy atom. The zero-order chi connectivity index (χ0) is 19.9. The van der Waals surface area contributed by atoms with Gasteiger partial charge in [-0.15, -0.1) is 0 Å². The molecule has 5 nitrogen and oxygen atoms in total. The molecule has 0 atom stereocenters. The molecule has 2 aromatic rings. The summed E-state index contributed by atoms with van der Waals surface area (Å²) in [6, 6.07) is 13.6. The van der Waals surface area contributed by atoms with Gasteiger partial charge in [0.2, 0.25) is 5.91 Å². The lowest BCUT2D eigenvalue weighted by molar-refractivity contribution is -0.127. The first kappa shape index (κ1) is 19.6. The van der Waals surface area contributed by atoms with Crippen molar-refractivity contribution in [1.82, 2.24) is 10.2 Å². The molecule has 2 N–H and O–H groups in total. The van der Waals surface area contributed by atoms with Crippen LogP contribution in [-0.2, 0) is 11.3 Å². The number of benzene rings is 2. The van der Waals surface area contributed by atoms with Crippen molar-refractivity contribution in [3.05, 3.63) is 78.1 Å². The molecule has 0 unspecified atom stereocenters. The highest BCUT2D eigenvalue weighted by Crippen LogP contribution is 2.28. The summed E-state index contributed by atoms with van der Waals surface area (Å²) in [4.78, 5) is 25.5. The number of hydrogen-bond acceptors (Lipinski definition) is 2. The van der Waals surface area contributed by atoms with E-state index in [9.17, 15) is 14.0 Å². The maximum Gasteiger partial charge on any atom is 0.319 e. The molecule has 0 bridgehead atoms. The van der Waals surface area contributed by atoms with Crippen LogP contribution >= 0.6 is 0 Å². The number of urea groups is 1. The van der Waals surface area contributed by atoms with E-state index in [4.69, 9.17) is 0 Å². The number of rotatable bonds is 5. The minimum absolute atomic E-state index is 0.0118.